The van der Waals surface area contributed by atoms with Crippen LogP contribution >= 0.6 is 11.6 Å². The SMILES string of the molecule is COCCN(C)CCOc1cc(OC2CCOC2)c2c(Nc3ccc(OCc4cccc(F)c4)c(Cl)c3)ncnc2c1. The molecule has 0 radical (unpaired) electrons. The largest absolute Gasteiger partial charge is 0.492 e. The number of halogens is 2. The molecular formula is C31H34ClFN4O5. The van der Waals surface area contributed by atoms with Crippen LogP contribution in [0.2, 0.25) is 5.02 Å². The van der Waals surface area contributed by atoms with Crippen molar-refractivity contribution in [3.05, 3.63) is 77.3 Å². The Morgan fingerprint density at radius 1 is 1.05 bits per heavy atom. The van der Waals surface area contributed by atoms with E-state index >= 15 is 0 Å². The van der Waals surface area contributed by atoms with Crippen LogP contribution in [-0.2, 0) is 16.1 Å². The van der Waals surface area contributed by atoms with Crippen LogP contribution in [0.25, 0.3) is 10.9 Å². The van der Waals surface area contributed by atoms with Crippen molar-refractivity contribution in [3.63, 3.8) is 0 Å². The molecule has 1 N–H and O–H groups in total. The van der Waals surface area contributed by atoms with Gasteiger partial charge in [-0.3, -0.25) is 0 Å². The monoisotopic (exact) mass is 596 g/mol. The average molecular weight is 597 g/mol. The summed E-state index contributed by atoms with van der Waals surface area (Å²) in [5.74, 6) is 1.99. The van der Waals surface area contributed by atoms with Crippen molar-refractivity contribution in [2.45, 2.75) is 19.1 Å². The molecule has 0 amide bonds. The van der Waals surface area contributed by atoms with Gasteiger partial charge in [-0.1, -0.05) is 23.7 Å². The molecule has 2 heterocycles. The van der Waals surface area contributed by atoms with Crippen LogP contribution in [0.4, 0.5) is 15.9 Å². The van der Waals surface area contributed by atoms with Gasteiger partial charge in [0.1, 0.15) is 54.5 Å². The molecule has 3 aromatic carbocycles. The number of benzene rings is 3. The summed E-state index contributed by atoms with van der Waals surface area (Å²) in [5.41, 5.74) is 2.09. The molecule has 0 aliphatic carbocycles. The van der Waals surface area contributed by atoms with Crippen molar-refractivity contribution < 1.29 is 28.1 Å². The van der Waals surface area contributed by atoms with Crippen LogP contribution in [-0.4, -0.2) is 74.6 Å². The minimum absolute atomic E-state index is 0.0827. The van der Waals surface area contributed by atoms with E-state index in [0.29, 0.717) is 71.3 Å². The van der Waals surface area contributed by atoms with Gasteiger partial charge in [-0.25, -0.2) is 14.4 Å². The van der Waals surface area contributed by atoms with Gasteiger partial charge in [0.05, 0.1) is 35.7 Å². The summed E-state index contributed by atoms with van der Waals surface area (Å²) >= 11 is 6.54. The Labute approximate surface area is 249 Å². The summed E-state index contributed by atoms with van der Waals surface area (Å²) in [6.45, 7) is 4.09. The number of ether oxygens (including phenoxy) is 5. The Bertz CT molecular complexity index is 1490. The molecule has 0 bridgehead atoms. The number of rotatable bonds is 14. The first-order valence-electron chi connectivity index (χ1n) is 13.8. The fourth-order valence-electron chi connectivity index (χ4n) is 4.48. The van der Waals surface area contributed by atoms with Gasteiger partial charge in [-0.2, -0.15) is 0 Å². The highest BCUT2D eigenvalue weighted by molar-refractivity contribution is 6.32. The van der Waals surface area contributed by atoms with Crippen LogP contribution in [0.3, 0.4) is 0 Å². The minimum Gasteiger partial charge on any atom is -0.492 e. The summed E-state index contributed by atoms with van der Waals surface area (Å²) < 4.78 is 42.5. The molecule has 1 aromatic heterocycles. The summed E-state index contributed by atoms with van der Waals surface area (Å²) in [6.07, 6.45) is 2.20. The topological polar surface area (TPSA) is 87.2 Å². The zero-order valence-corrected chi connectivity index (χ0v) is 24.4. The second-order valence-electron chi connectivity index (χ2n) is 9.97. The molecule has 9 nitrogen and oxygen atoms in total. The lowest BCUT2D eigenvalue weighted by molar-refractivity contribution is 0.141. The fraction of sp³-hybridized carbons (Fsp3) is 0.355. The van der Waals surface area contributed by atoms with Crippen molar-refractivity contribution in [1.29, 1.82) is 0 Å². The molecule has 1 atom stereocenters. The second kappa shape index (κ2) is 14.5. The van der Waals surface area contributed by atoms with Crippen molar-refractivity contribution >= 4 is 34.0 Å². The average Bonchev–Trinajstić information content (AvgIpc) is 3.49. The number of hydrogen-bond donors (Lipinski definition) is 1. The van der Waals surface area contributed by atoms with Gasteiger partial charge < -0.3 is 33.9 Å². The summed E-state index contributed by atoms with van der Waals surface area (Å²) in [7, 11) is 3.72. The molecule has 1 unspecified atom stereocenters. The molecule has 1 fully saturated rings. The number of likely N-dealkylation sites (N-methyl/N-ethyl adjacent to an activating group) is 1. The van der Waals surface area contributed by atoms with Crippen molar-refractivity contribution in [2.24, 2.45) is 0 Å². The Morgan fingerprint density at radius 2 is 1.93 bits per heavy atom. The number of nitrogens with zero attached hydrogens (tertiary/aromatic N) is 3. The molecule has 5 rings (SSSR count). The lowest BCUT2D eigenvalue weighted by Crippen LogP contribution is -2.27. The lowest BCUT2D eigenvalue weighted by atomic mass is 10.2. The van der Waals surface area contributed by atoms with Crippen molar-refractivity contribution in [2.75, 3.05) is 59.0 Å². The van der Waals surface area contributed by atoms with Crippen LogP contribution in [0.15, 0.2) is 60.9 Å². The molecule has 11 heteroatoms. The van der Waals surface area contributed by atoms with Gasteiger partial charge >= 0.3 is 0 Å². The van der Waals surface area contributed by atoms with Gasteiger partial charge in [0.2, 0.25) is 0 Å². The van der Waals surface area contributed by atoms with E-state index in [-0.39, 0.29) is 18.5 Å². The summed E-state index contributed by atoms with van der Waals surface area (Å²) in [5, 5.41) is 4.47. The number of fused-ring (bicyclic) bond motifs is 1. The maximum absolute atomic E-state index is 13.5. The predicted octanol–water partition coefficient (Wildman–Crippen LogP) is 5.87. The number of methoxy groups -OCH3 is 1. The van der Waals surface area contributed by atoms with Gasteiger partial charge in [-0.05, 0) is 42.9 Å². The minimum atomic E-state index is -0.313. The normalized spacial score (nSPS) is 14.8. The predicted molar refractivity (Wildman–Crippen MR) is 160 cm³/mol. The van der Waals surface area contributed by atoms with E-state index in [0.717, 1.165) is 24.9 Å². The highest BCUT2D eigenvalue weighted by Gasteiger charge is 2.21. The Hall–Kier alpha value is -3.70. The van der Waals surface area contributed by atoms with E-state index < -0.39 is 0 Å². The van der Waals surface area contributed by atoms with E-state index in [1.54, 1.807) is 31.4 Å². The van der Waals surface area contributed by atoms with Crippen molar-refractivity contribution in [3.8, 4) is 17.2 Å². The lowest BCUT2D eigenvalue weighted by Gasteiger charge is -2.19. The molecule has 1 aliphatic rings. The Kier molecular flexibility index (Phi) is 10.3. The second-order valence-corrected chi connectivity index (χ2v) is 10.4. The third-order valence-corrected chi connectivity index (χ3v) is 7.05. The zero-order valence-electron chi connectivity index (χ0n) is 23.6. The molecule has 1 saturated heterocycles. The first kappa shape index (κ1) is 29.8. The van der Waals surface area contributed by atoms with Crippen LogP contribution in [0.1, 0.15) is 12.0 Å². The number of aromatic nitrogens is 2. The molecular weight excluding hydrogens is 563 g/mol. The molecule has 4 aromatic rings. The highest BCUT2D eigenvalue weighted by atomic mass is 35.5. The van der Waals surface area contributed by atoms with Gasteiger partial charge in [0, 0.05) is 44.4 Å². The molecule has 0 saturated carbocycles. The quantitative estimate of drug-likeness (QED) is 0.192. The van der Waals surface area contributed by atoms with E-state index in [1.807, 2.05) is 25.2 Å². The Morgan fingerprint density at radius 3 is 2.71 bits per heavy atom. The smallest absolute Gasteiger partial charge is 0.145 e. The molecule has 42 heavy (non-hydrogen) atoms. The maximum atomic E-state index is 13.5. The van der Waals surface area contributed by atoms with Crippen LogP contribution in [0, 0.1) is 5.82 Å². The van der Waals surface area contributed by atoms with Crippen LogP contribution < -0.4 is 19.5 Å². The first-order chi connectivity index (χ1) is 20.5. The maximum Gasteiger partial charge on any atom is 0.145 e. The number of nitrogens with one attached hydrogen (secondary N) is 1. The molecule has 0 spiro atoms. The van der Waals surface area contributed by atoms with Gasteiger partial charge in [0.25, 0.3) is 0 Å². The first-order valence-corrected chi connectivity index (χ1v) is 14.1. The standard InChI is InChI=1S/C31H34ClFN4O5/c1-37(9-12-38-2)10-13-40-25-16-27-30(29(17-25)42-24-8-11-39-19-24)31(35-20-34-27)36-23-6-7-28(26(32)15-23)41-18-21-4-3-5-22(33)14-21/h3-7,14-17,20,24H,8-13,18-19H2,1-2H3,(H,34,35,36). The Balaban J connectivity index is 1.35. The fourth-order valence-corrected chi connectivity index (χ4v) is 4.72. The summed E-state index contributed by atoms with van der Waals surface area (Å²) in [4.78, 5) is 11.2. The van der Waals surface area contributed by atoms with Gasteiger partial charge in [0.15, 0.2) is 0 Å². The zero-order chi connectivity index (χ0) is 29.3. The number of hydrogen-bond acceptors (Lipinski definition) is 9. The summed E-state index contributed by atoms with van der Waals surface area (Å²) in [6, 6.07) is 15.4. The third-order valence-electron chi connectivity index (χ3n) is 6.75. The third kappa shape index (κ3) is 7.98. The van der Waals surface area contributed by atoms with E-state index in [1.165, 1.54) is 18.5 Å². The van der Waals surface area contributed by atoms with Crippen molar-refractivity contribution in [1.82, 2.24) is 14.9 Å². The molecule has 1 aliphatic heterocycles. The van der Waals surface area contributed by atoms with E-state index in [4.69, 9.17) is 35.3 Å². The van der Waals surface area contributed by atoms with E-state index in [9.17, 15) is 4.39 Å². The van der Waals surface area contributed by atoms with Gasteiger partial charge in [-0.15, -0.1) is 0 Å². The highest BCUT2D eigenvalue weighted by Crippen LogP contribution is 2.37. The molecule has 222 valence electrons. The van der Waals surface area contributed by atoms with E-state index in [2.05, 4.69) is 20.2 Å². The van der Waals surface area contributed by atoms with Crippen LogP contribution in [0.5, 0.6) is 17.2 Å². The number of anilines is 2.